The van der Waals surface area contributed by atoms with Gasteiger partial charge in [-0.2, -0.15) is 0 Å². The Kier molecular flexibility index (Phi) is 10.2. The van der Waals surface area contributed by atoms with Gasteiger partial charge in [-0.05, 0) is 45.6 Å². The average molecular weight is 365 g/mol. The minimum Gasteiger partial charge on any atom is -0.461 e. The zero-order chi connectivity index (χ0) is 19.5. The lowest BCUT2D eigenvalue weighted by Crippen LogP contribution is -2.28. The lowest BCUT2D eigenvalue weighted by Gasteiger charge is -2.17. The maximum absolute atomic E-state index is 12.4. The second-order valence-corrected chi connectivity index (χ2v) is 6.39. The van der Waals surface area contributed by atoms with Crippen LogP contribution in [0.3, 0.4) is 0 Å². The quantitative estimate of drug-likeness (QED) is 0.458. The van der Waals surface area contributed by atoms with E-state index in [0.717, 1.165) is 62.8 Å². The molecule has 1 aromatic rings. The minimum absolute atomic E-state index is 0.258. The second kappa shape index (κ2) is 11.9. The standard InChI is InChI=1S/C20H36N4O2/c1-7-23(8-2)12-11-21-15-18-16(5)19(17(6)22-18)20(25)26-14-13-24(9-3)10-4/h15,22H,7-14H2,1-6H3. The number of nitrogens with zero attached hydrogens (tertiary/aromatic N) is 3. The molecule has 1 N–H and O–H groups in total. The largest absolute Gasteiger partial charge is 0.461 e. The van der Waals surface area contributed by atoms with Crippen molar-refractivity contribution in [1.82, 2.24) is 14.8 Å². The van der Waals surface area contributed by atoms with Gasteiger partial charge < -0.3 is 19.5 Å². The molecule has 0 amide bonds. The fraction of sp³-hybridized carbons (Fsp3) is 0.700. The van der Waals surface area contributed by atoms with Crippen LogP contribution in [0.4, 0.5) is 0 Å². The highest BCUT2D eigenvalue weighted by molar-refractivity contribution is 5.96. The molecule has 0 aliphatic heterocycles. The van der Waals surface area contributed by atoms with Crippen molar-refractivity contribution in [3.05, 3.63) is 22.5 Å². The summed E-state index contributed by atoms with van der Waals surface area (Å²) in [5.41, 5.74) is 3.26. The minimum atomic E-state index is -0.258. The molecule has 1 aromatic heterocycles. The highest BCUT2D eigenvalue weighted by atomic mass is 16.5. The molecule has 1 rings (SSSR count). The fourth-order valence-electron chi connectivity index (χ4n) is 2.98. The normalized spacial score (nSPS) is 11.8. The van der Waals surface area contributed by atoms with Crippen molar-refractivity contribution in [1.29, 1.82) is 0 Å². The number of H-pyrrole nitrogens is 1. The first-order valence-electron chi connectivity index (χ1n) is 9.79. The molecule has 1 heterocycles. The highest BCUT2D eigenvalue weighted by Crippen LogP contribution is 2.17. The number of rotatable bonds is 12. The van der Waals surface area contributed by atoms with E-state index in [1.165, 1.54) is 0 Å². The molecule has 0 fully saturated rings. The van der Waals surface area contributed by atoms with E-state index in [2.05, 4.69) is 47.5 Å². The van der Waals surface area contributed by atoms with Gasteiger partial charge in [-0.1, -0.05) is 27.7 Å². The fourth-order valence-corrected chi connectivity index (χ4v) is 2.98. The number of carbonyl (C=O) groups excluding carboxylic acids is 1. The molecule has 6 heteroatoms. The Morgan fingerprint density at radius 2 is 1.62 bits per heavy atom. The van der Waals surface area contributed by atoms with Crippen molar-refractivity contribution in [2.45, 2.75) is 41.5 Å². The molecule has 0 atom stereocenters. The van der Waals surface area contributed by atoms with Crippen LogP contribution >= 0.6 is 0 Å². The Morgan fingerprint density at radius 3 is 2.19 bits per heavy atom. The first-order valence-corrected chi connectivity index (χ1v) is 9.79. The first kappa shape index (κ1) is 22.4. The van der Waals surface area contributed by atoms with E-state index < -0.39 is 0 Å². The maximum Gasteiger partial charge on any atom is 0.340 e. The zero-order valence-electron chi connectivity index (χ0n) is 17.4. The van der Waals surface area contributed by atoms with Gasteiger partial charge in [0.05, 0.1) is 17.8 Å². The third-order valence-electron chi connectivity index (χ3n) is 4.88. The number of ether oxygens (including phenoxy) is 1. The summed E-state index contributed by atoms with van der Waals surface area (Å²) in [5, 5.41) is 0. The van der Waals surface area contributed by atoms with Gasteiger partial charge in [0.25, 0.3) is 0 Å². The van der Waals surface area contributed by atoms with Crippen LogP contribution in [0.25, 0.3) is 0 Å². The number of aryl methyl sites for hydroxylation is 1. The Bertz CT molecular complexity index is 573. The summed E-state index contributed by atoms with van der Waals surface area (Å²) in [5.74, 6) is -0.258. The SMILES string of the molecule is CCN(CC)CCN=Cc1[nH]c(C)c(C(=O)OCCN(CC)CC)c1C. The Labute approximate surface area is 158 Å². The summed E-state index contributed by atoms with van der Waals surface area (Å²) in [7, 11) is 0. The molecule has 0 radical (unpaired) electrons. The molecular weight excluding hydrogens is 328 g/mol. The van der Waals surface area contributed by atoms with Gasteiger partial charge in [-0.3, -0.25) is 4.99 Å². The molecule has 0 aliphatic carbocycles. The number of nitrogens with one attached hydrogen (secondary N) is 1. The lowest BCUT2D eigenvalue weighted by molar-refractivity contribution is 0.0465. The molecule has 0 aliphatic rings. The number of aliphatic imine (C=N–C) groups is 1. The van der Waals surface area contributed by atoms with Crippen LogP contribution in [0.1, 0.15) is 55.0 Å². The Morgan fingerprint density at radius 1 is 1.04 bits per heavy atom. The van der Waals surface area contributed by atoms with Crippen molar-refractivity contribution >= 4 is 12.2 Å². The van der Waals surface area contributed by atoms with Crippen LogP contribution in [0.15, 0.2) is 4.99 Å². The smallest absolute Gasteiger partial charge is 0.340 e. The molecule has 0 spiro atoms. The van der Waals surface area contributed by atoms with Crippen LogP contribution in [0, 0.1) is 13.8 Å². The molecule has 148 valence electrons. The van der Waals surface area contributed by atoms with Crippen LogP contribution in [0.2, 0.25) is 0 Å². The monoisotopic (exact) mass is 364 g/mol. The first-order chi connectivity index (χ1) is 12.5. The molecule has 0 aromatic carbocycles. The van der Waals surface area contributed by atoms with Gasteiger partial charge in [0, 0.05) is 25.0 Å². The summed E-state index contributed by atoms with van der Waals surface area (Å²) < 4.78 is 5.47. The number of hydrogen-bond acceptors (Lipinski definition) is 5. The molecule has 0 unspecified atom stereocenters. The van der Waals surface area contributed by atoms with Gasteiger partial charge in [0.15, 0.2) is 0 Å². The van der Waals surface area contributed by atoms with E-state index >= 15 is 0 Å². The van der Waals surface area contributed by atoms with E-state index in [4.69, 9.17) is 4.74 Å². The van der Waals surface area contributed by atoms with E-state index in [1.807, 2.05) is 20.1 Å². The topological polar surface area (TPSA) is 60.9 Å². The van der Waals surface area contributed by atoms with Gasteiger partial charge >= 0.3 is 5.97 Å². The van der Waals surface area contributed by atoms with E-state index in [-0.39, 0.29) is 5.97 Å². The van der Waals surface area contributed by atoms with Crippen LogP contribution in [-0.2, 0) is 4.74 Å². The molecule has 0 saturated heterocycles. The van der Waals surface area contributed by atoms with E-state index in [9.17, 15) is 4.79 Å². The third kappa shape index (κ3) is 6.57. The molecule has 6 nitrogen and oxygen atoms in total. The van der Waals surface area contributed by atoms with Gasteiger partial charge in [0.2, 0.25) is 0 Å². The van der Waals surface area contributed by atoms with E-state index in [1.54, 1.807) is 0 Å². The third-order valence-corrected chi connectivity index (χ3v) is 4.88. The van der Waals surface area contributed by atoms with Crippen molar-refractivity contribution in [2.24, 2.45) is 4.99 Å². The van der Waals surface area contributed by atoms with Crippen LogP contribution < -0.4 is 0 Å². The summed E-state index contributed by atoms with van der Waals surface area (Å²) in [6.45, 7) is 19.3. The maximum atomic E-state index is 12.4. The van der Waals surface area contributed by atoms with Crippen LogP contribution in [0.5, 0.6) is 0 Å². The summed E-state index contributed by atoms with van der Waals surface area (Å²) >= 11 is 0. The zero-order valence-corrected chi connectivity index (χ0v) is 17.4. The average Bonchev–Trinajstić information content (AvgIpc) is 2.92. The highest BCUT2D eigenvalue weighted by Gasteiger charge is 2.18. The number of hydrogen-bond donors (Lipinski definition) is 1. The van der Waals surface area contributed by atoms with Gasteiger partial charge in [0.1, 0.15) is 6.61 Å². The van der Waals surface area contributed by atoms with Gasteiger partial charge in [-0.25, -0.2) is 4.79 Å². The number of likely N-dealkylation sites (N-methyl/N-ethyl adjacent to an activating group) is 2. The second-order valence-electron chi connectivity index (χ2n) is 6.39. The molecule has 0 saturated carbocycles. The molecule has 26 heavy (non-hydrogen) atoms. The summed E-state index contributed by atoms with van der Waals surface area (Å²) in [6, 6.07) is 0. The number of aromatic amines is 1. The number of carbonyl (C=O) groups is 1. The van der Waals surface area contributed by atoms with Crippen molar-refractivity contribution in [3.8, 4) is 0 Å². The van der Waals surface area contributed by atoms with Crippen LogP contribution in [-0.4, -0.2) is 79.4 Å². The summed E-state index contributed by atoms with van der Waals surface area (Å²) in [4.78, 5) is 24.8. The van der Waals surface area contributed by atoms with Crippen molar-refractivity contribution < 1.29 is 9.53 Å². The van der Waals surface area contributed by atoms with Gasteiger partial charge in [-0.15, -0.1) is 0 Å². The Hall–Kier alpha value is -1.66. The Balaban J connectivity index is 2.64. The van der Waals surface area contributed by atoms with Crippen molar-refractivity contribution in [2.75, 3.05) is 52.4 Å². The predicted octanol–water partition coefficient (Wildman–Crippen LogP) is 2.89. The van der Waals surface area contributed by atoms with E-state index in [0.29, 0.717) is 12.2 Å². The molecular formula is C20H36N4O2. The predicted molar refractivity (Wildman–Crippen MR) is 109 cm³/mol. The number of esters is 1. The summed E-state index contributed by atoms with van der Waals surface area (Å²) in [6.07, 6.45) is 1.83. The molecule has 0 bridgehead atoms. The number of aromatic nitrogens is 1. The lowest BCUT2D eigenvalue weighted by atomic mass is 10.1. The van der Waals surface area contributed by atoms with Crippen molar-refractivity contribution in [3.63, 3.8) is 0 Å².